The molecule has 1 saturated heterocycles. The normalized spacial score (nSPS) is 25.5. The number of ether oxygens (including phenoxy) is 1. The number of para-hydroxylation sites is 1. The first-order valence-corrected chi connectivity index (χ1v) is 7.84. The fourth-order valence-corrected chi connectivity index (χ4v) is 3.63. The van der Waals surface area contributed by atoms with Crippen molar-refractivity contribution in [2.24, 2.45) is 11.7 Å². The fourth-order valence-electron chi connectivity index (χ4n) is 3.63. The summed E-state index contributed by atoms with van der Waals surface area (Å²) in [6.45, 7) is 8.03. The molecule has 0 saturated carbocycles. The van der Waals surface area contributed by atoms with Crippen molar-refractivity contribution < 1.29 is 4.74 Å². The van der Waals surface area contributed by atoms with Crippen LogP contribution in [0, 0.1) is 5.92 Å². The van der Waals surface area contributed by atoms with E-state index < -0.39 is 0 Å². The topological polar surface area (TPSA) is 38.5 Å². The highest BCUT2D eigenvalue weighted by Crippen LogP contribution is 2.43. The number of benzene rings is 1. The highest BCUT2D eigenvalue weighted by molar-refractivity contribution is 5.38. The molecule has 0 unspecified atom stereocenters. The Balaban J connectivity index is 1.71. The van der Waals surface area contributed by atoms with Gasteiger partial charge in [0.25, 0.3) is 0 Å². The van der Waals surface area contributed by atoms with Crippen LogP contribution in [0.5, 0.6) is 5.75 Å². The van der Waals surface area contributed by atoms with Crippen molar-refractivity contribution in [3.63, 3.8) is 0 Å². The lowest BCUT2D eigenvalue weighted by Crippen LogP contribution is -2.51. The third kappa shape index (κ3) is 2.70. The molecule has 1 atom stereocenters. The monoisotopic (exact) mass is 274 g/mol. The molecule has 110 valence electrons. The van der Waals surface area contributed by atoms with E-state index >= 15 is 0 Å². The van der Waals surface area contributed by atoms with E-state index in [-0.39, 0.29) is 11.6 Å². The molecule has 2 N–H and O–H groups in total. The van der Waals surface area contributed by atoms with Gasteiger partial charge in [0, 0.05) is 37.7 Å². The standard InChI is InChI=1S/C17H26N2O/c1-13(2)12-19-9-7-17(8-10-19)11-15(18)14-5-3-4-6-16(14)20-17/h3-6,13,15H,7-12,18H2,1-2H3/t15-/m1/s1. The van der Waals surface area contributed by atoms with Crippen molar-refractivity contribution in [2.75, 3.05) is 19.6 Å². The van der Waals surface area contributed by atoms with Gasteiger partial charge in [0.15, 0.2) is 0 Å². The molecule has 2 aliphatic heterocycles. The first-order chi connectivity index (χ1) is 9.58. The van der Waals surface area contributed by atoms with Gasteiger partial charge < -0.3 is 15.4 Å². The van der Waals surface area contributed by atoms with Crippen LogP contribution in [0.4, 0.5) is 0 Å². The number of rotatable bonds is 2. The molecule has 1 aromatic rings. The van der Waals surface area contributed by atoms with Crippen LogP contribution in [0.1, 0.15) is 44.7 Å². The highest BCUT2D eigenvalue weighted by Gasteiger charge is 2.42. The van der Waals surface area contributed by atoms with Gasteiger partial charge >= 0.3 is 0 Å². The fraction of sp³-hybridized carbons (Fsp3) is 0.647. The number of fused-ring (bicyclic) bond motifs is 1. The number of piperidine rings is 1. The van der Waals surface area contributed by atoms with Crippen LogP contribution in [-0.2, 0) is 0 Å². The molecule has 1 spiro atoms. The average molecular weight is 274 g/mol. The largest absolute Gasteiger partial charge is 0.487 e. The maximum atomic E-state index is 6.38. The summed E-state index contributed by atoms with van der Waals surface area (Å²) in [5.74, 6) is 1.74. The molecule has 1 aromatic carbocycles. The summed E-state index contributed by atoms with van der Waals surface area (Å²) < 4.78 is 6.38. The molecule has 20 heavy (non-hydrogen) atoms. The second kappa shape index (κ2) is 5.38. The molecular weight excluding hydrogens is 248 g/mol. The zero-order chi connectivity index (χ0) is 14.2. The molecule has 3 rings (SSSR count). The molecule has 2 aliphatic rings. The van der Waals surface area contributed by atoms with Crippen LogP contribution >= 0.6 is 0 Å². The number of hydrogen-bond acceptors (Lipinski definition) is 3. The number of hydrogen-bond donors (Lipinski definition) is 1. The van der Waals surface area contributed by atoms with E-state index in [1.54, 1.807) is 0 Å². The van der Waals surface area contributed by atoms with Crippen molar-refractivity contribution in [3.05, 3.63) is 29.8 Å². The molecule has 0 aromatic heterocycles. The van der Waals surface area contributed by atoms with E-state index in [1.807, 2.05) is 12.1 Å². The van der Waals surface area contributed by atoms with Crippen molar-refractivity contribution in [1.29, 1.82) is 0 Å². The van der Waals surface area contributed by atoms with Crippen molar-refractivity contribution in [2.45, 2.75) is 44.8 Å². The predicted molar refractivity (Wildman–Crippen MR) is 81.9 cm³/mol. The van der Waals surface area contributed by atoms with E-state index in [9.17, 15) is 0 Å². The minimum absolute atomic E-state index is 0.0265. The van der Waals surface area contributed by atoms with Gasteiger partial charge in [-0.15, -0.1) is 0 Å². The highest BCUT2D eigenvalue weighted by atomic mass is 16.5. The number of likely N-dealkylation sites (tertiary alicyclic amines) is 1. The van der Waals surface area contributed by atoms with Crippen LogP contribution in [-0.4, -0.2) is 30.1 Å². The van der Waals surface area contributed by atoms with Crippen LogP contribution in [0.15, 0.2) is 24.3 Å². The number of nitrogens with zero attached hydrogens (tertiary/aromatic N) is 1. The van der Waals surface area contributed by atoms with Gasteiger partial charge in [0.1, 0.15) is 11.4 Å². The lowest BCUT2D eigenvalue weighted by atomic mass is 9.81. The van der Waals surface area contributed by atoms with Crippen molar-refractivity contribution >= 4 is 0 Å². The molecule has 3 heteroatoms. The van der Waals surface area contributed by atoms with E-state index in [0.29, 0.717) is 0 Å². The smallest absolute Gasteiger partial charge is 0.124 e. The zero-order valence-electron chi connectivity index (χ0n) is 12.6. The average Bonchev–Trinajstić information content (AvgIpc) is 2.41. The van der Waals surface area contributed by atoms with Gasteiger partial charge in [0.05, 0.1) is 0 Å². The maximum Gasteiger partial charge on any atom is 0.124 e. The molecule has 2 heterocycles. The second-order valence-electron chi connectivity index (χ2n) is 6.83. The summed E-state index contributed by atoms with van der Waals surface area (Å²) in [7, 11) is 0. The van der Waals surface area contributed by atoms with Gasteiger partial charge in [0.2, 0.25) is 0 Å². The van der Waals surface area contributed by atoms with E-state index in [4.69, 9.17) is 10.5 Å². The van der Waals surface area contributed by atoms with Gasteiger partial charge in [-0.3, -0.25) is 0 Å². The van der Waals surface area contributed by atoms with Crippen molar-refractivity contribution in [1.82, 2.24) is 4.90 Å². The molecule has 0 bridgehead atoms. The van der Waals surface area contributed by atoms with Gasteiger partial charge in [-0.2, -0.15) is 0 Å². The molecular formula is C17H26N2O. The van der Waals surface area contributed by atoms with Crippen LogP contribution in [0.3, 0.4) is 0 Å². The molecule has 0 aliphatic carbocycles. The summed E-state index contributed by atoms with van der Waals surface area (Å²) in [5, 5.41) is 0. The summed E-state index contributed by atoms with van der Waals surface area (Å²) in [6.07, 6.45) is 3.16. The lowest BCUT2D eigenvalue weighted by molar-refractivity contribution is -0.0236. The third-order valence-electron chi connectivity index (χ3n) is 4.63. The Morgan fingerprint density at radius 2 is 2.00 bits per heavy atom. The second-order valence-corrected chi connectivity index (χ2v) is 6.83. The Morgan fingerprint density at radius 3 is 2.70 bits per heavy atom. The van der Waals surface area contributed by atoms with Crippen LogP contribution in [0.25, 0.3) is 0 Å². The summed E-state index contributed by atoms with van der Waals surface area (Å²) in [4.78, 5) is 2.56. The molecule has 3 nitrogen and oxygen atoms in total. The minimum Gasteiger partial charge on any atom is -0.487 e. The Kier molecular flexibility index (Phi) is 3.74. The van der Waals surface area contributed by atoms with E-state index in [0.717, 1.165) is 44.0 Å². The predicted octanol–water partition coefficient (Wildman–Crippen LogP) is 2.96. The summed E-state index contributed by atoms with van der Waals surface area (Å²) in [6, 6.07) is 8.37. The quantitative estimate of drug-likeness (QED) is 0.901. The Bertz CT molecular complexity index is 464. The van der Waals surface area contributed by atoms with Crippen LogP contribution < -0.4 is 10.5 Å². The molecule has 1 fully saturated rings. The lowest BCUT2D eigenvalue weighted by Gasteiger charge is -2.46. The maximum absolute atomic E-state index is 6.38. The molecule has 0 radical (unpaired) electrons. The van der Waals surface area contributed by atoms with Crippen LogP contribution in [0.2, 0.25) is 0 Å². The first-order valence-electron chi connectivity index (χ1n) is 7.84. The van der Waals surface area contributed by atoms with Crippen molar-refractivity contribution in [3.8, 4) is 5.75 Å². The number of nitrogens with two attached hydrogens (primary N) is 1. The van der Waals surface area contributed by atoms with E-state index in [1.165, 1.54) is 12.1 Å². The Labute approximate surface area is 122 Å². The van der Waals surface area contributed by atoms with Gasteiger partial charge in [-0.25, -0.2) is 0 Å². The Morgan fingerprint density at radius 1 is 1.30 bits per heavy atom. The first kappa shape index (κ1) is 13.9. The van der Waals surface area contributed by atoms with Gasteiger partial charge in [-0.1, -0.05) is 32.0 Å². The molecule has 0 amide bonds. The zero-order valence-corrected chi connectivity index (χ0v) is 12.6. The third-order valence-corrected chi connectivity index (χ3v) is 4.63. The van der Waals surface area contributed by atoms with Gasteiger partial charge in [-0.05, 0) is 24.8 Å². The summed E-state index contributed by atoms with van der Waals surface area (Å²) >= 11 is 0. The minimum atomic E-state index is -0.0265. The van der Waals surface area contributed by atoms with E-state index in [2.05, 4.69) is 30.9 Å². The summed E-state index contributed by atoms with van der Waals surface area (Å²) in [5.41, 5.74) is 7.52. The Hall–Kier alpha value is -1.06. The SMILES string of the molecule is CC(C)CN1CCC2(CC1)C[C@@H](N)c1ccccc1O2.